The van der Waals surface area contributed by atoms with Gasteiger partial charge in [-0.3, -0.25) is 0 Å². The average Bonchev–Trinajstić information content (AvgIpc) is 2.71. The third-order valence-electron chi connectivity index (χ3n) is 4.03. The van der Waals surface area contributed by atoms with Gasteiger partial charge in [0.2, 0.25) is 0 Å². The van der Waals surface area contributed by atoms with E-state index in [2.05, 4.69) is 47.0 Å². The van der Waals surface area contributed by atoms with E-state index in [9.17, 15) is 4.79 Å². The summed E-state index contributed by atoms with van der Waals surface area (Å²) in [7, 11) is -2.29. The van der Waals surface area contributed by atoms with Crippen LogP contribution in [-0.4, -0.2) is 12.7 Å². The lowest BCUT2D eigenvalue weighted by Gasteiger charge is -2.27. The summed E-state index contributed by atoms with van der Waals surface area (Å²) in [6.07, 6.45) is -0.486. The topological polar surface area (TPSA) is 50.4 Å². The smallest absolute Gasteiger partial charge is 0.424 e. The van der Waals surface area contributed by atoms with E-state index in [1.165, 1.54) is 0 Å². The van der Waals surface area contributed by atoms with Gasteiger partial charge in [0.1, 0.15) is 15.9 Å². The van der Waals surface area contributed by atoms with Crippen molar-refractivity contribution in [2.45, 2.75) is 6.92 Å². The van der Waals surface area contributed by atoms with Crippen molar-refractivity contribution in [2.75, 3.05) is 6.61 Å². The van der Waals surface area contributed by atoms with Gasteiger partial charge in [-0.15, -0.1) is 0 Å². The Bertz CT molecular complexity index is 730. The highest BCUT2D eigenvalue weighted by molar-refractivity contribution is 7.94. The minimum atomic E-state index is -2.29. The Labute approximate surface area is 154 Å². The predicted molar refractivity (Wildman–Crippen MR) is 108 cm³/mol. The lowest BCUT2D eigenvalue weighted by Crippen LogP contribution is -2.48. The van der Waals surface area contributed by atoms with Crippen LogP contribution in [-0.2, 0) is 4.74 Å². The third-order valence-corrected chi connectivity index (χ3v) is 7.70. The van der Waals surface area contributed by atoms with Crippen LogP contribution in [0.1, 0.15) is 6.92 Å². The van der Waals surface area contributed by atoms with Gasteiger partial charge in [-0.1, -0.05) is 59.8 Å². The van der Waals surface area contributed by atoms with Crippen molar-refractivity contribution in [3.8, 4) is 0 Å². The molecule has 0 aliphatic carbocycles. The summed E-state index contributed by atoms with van der Waals surface area (Å²) in [5.41, 5.74) is 2.76. The van der Waals surface area contributed by atoms with Gasteiger partial charge in [-0.05, 0) is 43.3 Å². The van der Waals surface area contributed by atoms with Crippen LogP contribution in [0.2, 0.25) is 0 Å². The summed E-state index contributed by atoms with van der Waals surface area (Å²) in [4.78, 5) is 12.0. The van der Waals surface area contributed by atoms with Crippen LogP contribution in [0.5, 0.6) is 0 Å². The molecule has 2 N–H and O–H groups in total. The zero-order chi connectivity index (χ0) is 18.2. The number of benzene rings is 3. The van der Waals surface area contributed by atoms with E-state index in [0.29, 0.717) is 6.61 Å². The van der Waals surface area contributed by atoms with Crippen LogP contribution in [0.4, 0.5) is 4.79 Å². The molecule has 5 heteroatoms. The van der Waals surface area contributed by atoms with E-state index in [0.717, 1.165) is 15.9 Å². The maximum absolute atomic E-state index is 12.0. The molecule has 0 fully saturated rings. The first-order valence-electron chi connectivity index (χ1n) is 8.53. The lowest BCUT2D eigenvalue weighted by molar-refractivity contribution is 0.150. The van der Waals surface area contributed by atoms with Crippen LogP contribution in [0.25, 0.3) is 0 Å². The number of carbonyl (C=O) groups excluding carboxylic acids is 1. The van der Waals surface area contributed by atoms with Crippen molar-refractivity contribution in [3.05, 3.63) is 91.0 Å². The Morgan fingerprint density at radius 2 is 1.15 bits per heavy atom. The first-order valence-corrected chi connectivity index (χ1v) is 10.3. The molecule has 0 aromatic heterocycles. The van der Waals surface area contributed by atoms with Gasteiger partial charge in [0, 0.05) is 0 Å². The molecule has 3 rings (SSSR count). The zero-order valence-electron chi connectivity index (χ0n) is 14.6. The molecule has 26 heavy (non-hydrogen) atoms. The summed E-state index contributed by atoms with van der Waals surface area (Å²) in [6.45, 7) is 2.11. The fourth-order valence-corrected chi connectivity index (χ4v) is 6.29. The molecule has 0 aliphatic rings. The molecule has 4 nitrogen and oxygen atoms in total. The Hall–Kier alpha value is -2.68. The van der Waals surface area contributed by atoms with Crippen LogP contribution >= 0.6 is 7.41 Å². The first kappa shape index (κ1) is 18.1. The third kappa shape index (κ3) is 3.77. The summed E-state index contributed by atoms with van der Waals surface area (Å²) in [5, 5.41) is 6.71. The maximum Gasteiger partial charge on any atom is 0.424 e. The highest BCUT2D eigenvalue weighted by Crippen LogP contribution is 2.50. The van der Waals surface area contributed by atoms with Gasteiger partial charge in [-0.25, -0.2) is 10.2 Å². The van der Waals surface area contributed by atoms with Gasteiger partial charge >= 0.3 is 6.09 Å². The SMILES string of the molecule is CCOC(=O)NN[P+](c1ccccc1)(c1ccccc1)c1ccccc1. The minimum Gasteiger partial charge on any atom is -0.449 e. The van der Waals surface area contributed by atoms with Crippen molar-refractivity contribution in [3.63, 3.8) is 0 Å². The van der Waals surface area contributed by atoms with E-state index < -0.39 is 13.5 Å². The highest BCUT2D eigenvalue weighted by Gasteiger charge is 2.46. The molecule has 0 bridgehead atoms. The number of carbonyl (C=O) groups is 1. The molecule has 0 unspecified atom stereocenters. The van der Waals surface area contributed by atoms with E-state index in [4.69, 9.17) is 4.74 Å². The Morgan fingerprint density at radius 3 is 1.50 bits per heavy atom. The van der Waals surface area contributed by atoms with Gasteiger partial charge in [0.05, 0.1) is 6.61 Å². The monoisotopic (exact) mass is 365 g/mol. The number of hydrogen-bond acceptors (Lipinski definition) is 3. The number of amides is 1. The van der Waals surface area contributed by atoms with E-state index in [1.54, 1.807) is 6.92 Å². The highest BCUT2D eigenvalue weighted by atomic mass is 31.2. The van der Waals surface area contributed by atoms with Crippen molar-refractivity contribution < 1.29 is 9.53 Å². The second-order valence-electron chi connectivity index (χ2n) is 5.63. The molecule has 0 heterocycles. The molecule has 0 spiro atoms. The van der Waals surface area contributed by atoms with Crippen LogP contribution < -0.4 is 26.5 Å². The molecule has 132 valence electrons. The van der Waals surface area contributed by atoms with Crippen molar-refractivity contribution in [1.29, 1.82) is 0 Å². The average molecular weight is 365 g/mol. The van der Waals surface area contributed by atoms with E-state index in [-0.39, 0.29) is 0 Å². The standard InChI is InChI=1S/C21H21N2O2P/c1-2-25-21(24)22-23-26(18-12-6-3-7-13-18,19-14-8-4-9-15-19)20-16-10-5-11-17-20/h3-17,23H,2H2,1H3/p+1. The normalized spacial score (nSPS) is 11.0. The van der Waals surface area contributed by atoms with Crippen molar-refractivity contribution in [1.82, 2.24) is 10.6 Å². The molecule has 3 aromatic carbocycles. The van der Waals surface area contributed by atoms with Crippen molar-refractivity contribution in [2.24, 2.45) is 0 Å². The predicted octanol–water partition coefficient (Wildman–Crippen LogP) is 3.15. The van der Waals surface area contributed by atoms with Crippen LogP contribution in [0.3, 0.4) is 0 Å². The number of hydrogen-bond donors (Lipinski definition) is 2. The number of nitrogens with one attached hydrogen (secondary N) is 2. The quantitative estimate of drug-likeness (QED) is 0.521. The largest absolute Gasteiger partial charge is 0.449 e. The van der Waals surface area contributed by atoms with Crippen LogP contribution in [0, 0.1) is 0 Å². The molecule has 0 atom stereocenters. The molecule has 0 saturated carbocycles. The molecule has 0 saturated heterocycles. The second-order valence-corrected chi connectivity index (χ2v) is 8.75. The zero-order valence-corrected chi connectivity index (χ0v) is 15.5. The second kappa shape index (κ2) is 8.61. The summed E-state index contributed by atoms with van der Waals surface area (Å²) >= 11 is 0. The summed E-state index contributed by atoms with van der Waals surface area (Å²) < 4.78 is 5.05. The molecular formula is C21H22N2O2P+. The molecule has 1 amide bonds. The Balaban J connectivity index is 2.16. The summed E-state index contributed by atoms with van der Waals surface area (Å²) in [6, 6.07) is 30.6. The van der Waals surface area contributed by atoms with E-state index >= 15 is 0 Å². The Morgan fingerprint density at radius 1 is 0.769 bits per heavy atom. The molecule has 3 aromatic rings. The van der Waals surface area contributed by atoms with Gasteiger partial charge in [0.25, 0.3) is 0 Å². The van der Waals surface area contributed by atoms with Crippen molar-refractivity contribution >= 4 is 29.4 Å². The minimum absolute atomic E-state index is 0.320. The maximum atomic E-state index is 12.0. The number of ether oxygens (including phenoxy) is 1. The number of rotatable bonds is 6. The Kier molecular flexibility index (Phi) is 6.00. The van der Waals surface area contributed by atoms with Gasteiger partial charge < -0.3 is 4.74 Å². The molecule has 0 aliphatic heterocycles. The molecule has 0 radical (unpaired) electrons. The van der Waals surface area contributed by atoms with Gasteiger partial charge in [-0.2, -0.15) is 0 Å². The van der Waals surface area contributed by atoms with Crippen LogP contribution in [0.15, 0.2) is 91.0 Å². The number of hydrazine groups is 1. The molecular weight excluding hydrogens is 343 g/mol. The van der Waals surface area contributed by atoms with E-state index in [1.807, 2.05) is 54.6 Å². The fourth-order valence-electron chi connectivity index (χ4n) is 2.89. The lowest BCUT2D eigenvalue weighted by atomic mass is 10.4. The first-order chi connectivity index (χ1) is 12.8. The summed E-state index contributed by atoms with van der Waals surface area (Å²) in [5.74, 6) is 0. The fraction of sp³-hybridized carbons (Fsp3) is 0.0952. The van der Waals surface area contributed by atoms with Gasteiger partial charge in [0.15, 0.2) is 7.41 Å².